The fourth-order valence-corrected chi connectivity index (χ4v) is 17.5. The van der Waals surface area contributed by atoms with Crippen molar-refractivity contribution in [3.63, 3.8) is 0 Å². The normalized spacial score (nSPS) is 13.6. The van der Waals surface area contributed by atoms with Crippen molar-refractivity contribution >= 4 is 34.1 Å². The van der Waals surface area contributed by atoms with Gasteiger partial charge in [-0.2, -0.15) is 0 Å². The van der Waals surface area contributed by atoms with Crippen LogP contribution in [-0.2, 0) is 0 Å². The van der Waals surface area contributed by atoms with Gasteiger partial charge in [-0.25, -0.2) is 0 Å². The van der Waals surface area contributed by atoms with E-state index < -0.39 is 0 Å². The predicted octanol–water partition coefficient (Wildman–Crippen LogP) is 31.1. The van der Waals surface area contributed by atoms with Crippen LogP contribution in [0, 0.1) is 55.4 Å². The highest BCUT2D eigenvalue weighted by molar-refractivity contribution is 5.76. The zero-order valence-electron chi connectivity index (χ0n) is 70.8. The Labute approximate surface area is 657 Å². The van der Waals surface area contributed by atoms with Gasteiger partial charge in [0.2, 0.25) is 0 Å². The van der Waals surface area contributed by atoms with Crippen molar-refractivity contribution in [2.45, 2.75) is 420 Å². The van der Waals surface area contributed by atoms with Crippen LogP contribution < -0.4 is 14.7 Å². The fraction of sp³-hybridized carbons (Fsp3) is 0.636. The molecule has 6 aromatic carbocycles. The molecule has 2 aliphatic rings. The van der Waals surface area contributed by atoms with E-state index in [0.717, 1.165) is 12.1 Å². The molecule has 8 rings (SSSR count). The maximum Gasteiger partial charge on any atom is 0.0475 e. The maximum atomic E-state index is 2.91. The van der Waals surface area contributed by atoms with Crippen molar-refractivity contribution in [2.24, 2.45) is 0 Å². The minimum absolute atomic E-state index is 0. The van der Waals surface area contributed by atoms with E-state index in [1.54, 1.807) is 0 Å². The second kappa shape index (κ2) is 45.5. The lowest BCUT2D eigenvalue weighted by Gasteiger charge is -2.53. The van der Waals surface area contributed by atoms with Crippen molar-refractivity contribution in [1.29, 1.82) is 0 Å². The number of rotatable bonds is 11. The Balaban J connectivity index is -0.000000584. The summed E-state index contributed by atoms with van der Waals surface area (Å²) >= 11 is 0. The lowest BCUT2D eigenvalue weighted by atomic mass is 9.85. The average molecular weight is 1450 g/mol. The van der Waals surface area contributed by atoms with E-state index in [4.69, 9.17) is 0 Å². The van der Waals surface area contributed by atoms with Gasteiger partial charge >= 0.3 is 0 Å². The molecule has 0 N–H and O–H groups in total. The van der Waals surface area contributed by atoms with Crippen LogP contribution in [0.3, 0.4) is 0 Å². The predicted molar refractivity (Wildman–Crippen MR) is 486 cm³/mol. The van der Waals surface area contributed by atoms with Gasteiger partial charge < -0.3 is 14.7 Å². The van der Waals surface area contributed by atoms with Gasteiger partial charge in [0.1, 0.15) is 0 Å². The third-order valence-electron chi connectivity index (χ3n) is 19.0. The van der Waals surface area contributed by atoms with Crippen molar-refractivity contribution < 1.29 is 0 Å². The molecule has 0 aliphatic heterocycles. The van der Waals surface area contributed by atoms with Crippen LogP contribution in [0.4, 0.5) is 34.1 Å². The van der Waals surface area contributed by atoms with Gasteiger partial charge in [-0.05, 0) is 338 Å². The van der Waals surface area contributed by atoms with Crippen molar-refractivity contribution in [2.75, 3.05) is 14.7 Å². The Morgan fingerprint density at radius 1 is 0.286 bits per heavy atom. The molecule has 0 amide bonds. The van der Waals surface area contributed by atoms with Gasteiger partial charge in [0.25, 0.3) is 0 Å². The molecular weight excluding hydrogens is 1270 g/mol. The smallest absolute Gasteiger partial charge is 0.0475 e. The van der Waals surface area contributed by atoms with Crippen molar-refractivity contribution in [1.82, 2.24) is 14.7 Å². The largest absolute Gasteiger partial charge is 0.338 e. The first-order chi connectivity index (χ1) is 45.4. The average Bonchev–Trinajstić information content (AvgIpc) is 0.776. The number of hydrogen-bond acceptors (Lipinski definition) is 6. The Hall–Kier alpha value is -5.40. The van der Waals surface area contributed by atoms with E-state index in [9.17, 15) is 0 Å². The van der Waals surface area contributed by atoms with Crippen LogP contribution in [0.25, 0.3) is 0 Å². The minimum atomic E-state index is 0. The highest BCUT2D eigenvalue weighted by atomic mass is 15.3. The Kier molecular flexibility index (Phi) is 46.0. The van der Waals surface area contributed by atoms with Crippen LogP contribution in [-0.4, -0.2) is 83.7 Å². The molecule has 6 aromatic rings. The fourth-order valence-electron chi connectivity index (χ4n) is 17.5. The molecule has 0 unspecified atom stereocenters. The molecule has 0 bridgehead atoms. The van der Waals surface area contributed by atoms with Gasteiger partial charge in [0.15, 0.2) is 0 Å². The standard InChI is InChI=1S/C22H31N.C17H21N.C16H31N.C16H19N.C12H27N.C10H23N.6CH4/c1-14-10-16(3)20(17(4)11-14)23(22(7,8)9)21-18(5)12-15(2)13-19(21)6;1-13(2)18(16-11-7-5-9-14(16)3)17-12-8-6-10-15(17)4;2*1-16(2,3)17(14-10-6-4-7-11-14)15-12-8-5-9-13-15;1-10(2,3)13(11(4,5)6)12(7,8)9;1-8(2)11(9(3)4)10(5,6)7;;;;;;/h10-13H,1-9H3;5-13H,1-4H3;14-15H,4-13H2,1-3H3;4-13H,1-3H3;1-9H3;8-9H,1-7H3;6*1H4. The monoisotopic (exact) mass is 1450 g/mol. The zero-order chi connectivity index (χ0) is 75.6. The third-order valence-corrected chi connectivity index (χ3v) is 19.0. The second-order valence-electron chi connectivity index (χ2n) is 37.0. The molecular formula is C99H176N6. The summed E-state index contributed by atoms with van der Waals surface area (Å²) in [5.41, 5.74) is 19.8. The SMILES string of the molecule is C.C.C.C.C.C.CC(C)(C)N(C(C)(C)C)C(C)(C)C.CC(C)(C)N(C1CCCCC1)C1CCCCC1.CC(C)(C)N(c1ccccc1)c1ccccc1.CC(C)N(C(C)C)C(C)(C)C.Cc1cc(C)c(N(c2c(C)cc(C)cc2C)C(C)(C)C)c(C)c1.Cc1ccccc1N(c1ccccc1C)C(C)C. The Morgan fingerprint density at radius 3 is 0.752 bits per heavy atom. The summed E-state index contributed by atoms with van der Waals surface area (Å²) in [7, 11) is 0. The van der Waals surface area contributed by atoms with E-state index in [1.807, 2.05) is 0 Å². The lowest BCUT2D eigenvalue weighted by Crippen LogP contribution is -2.60. The summed E-state index contributed by atoms with van der Waals surface area (Å²) in [6.07, 6.45) is 14.6. The molecule has 602 valence electrons. The minimum Gasteiger partial charge on any atom is -0.338 e. The highest BCUT2D eigenvalue weighted by Crippen LogP contribution is 2.43. The molecule has 0 spiro atoms. The Bertz CT molecular complexity index is 3020. The molecule has 6 heteroatoms. The van der Waals surface area contributed by atoms with Crippen LogP contribution >= 0.6 is 0 Å². The molecule has 0 aromatic heterocycles. The summed E-state index contributed by atoms with van der Waals surface area (Å²) in [6, 6.07) is 50.8. The summed E-state index contributed by atoms with van der Waals surface area (Å²) in [6.45, 7) is 79.3. The molecule has 105 heavy (non-hydrogen) atoms. The van der Waals surface area contributed by atoms with Crippen LogP contribution in [0.2, 0.25) is 0 Å². The van der Waals surface area contributed by atoms with Crippen LogP contribution in [0.1, 0.15) is 340 Å². The number of nitrogens with zero attached hydrogens (tertiary/aromatic N) is 6. The zero-order valence-corrected chi connectivity index (χ0v) is 70.8. The molecule has 0 saturated heterocycles. The molecule has 0 heterocycles. The topological polar surface area (TPSA) is 19.4 Å². The van der Waals surface area contributed by atoms with E-state index in [-0.39, 0.29) is 72.3 Å². The first-order valence-electron chi connectivity index (χ1n) is 38.6. The van der Waals surface area contributed by atoms with Crippen molar-refractivity contribution in [3.05, 3.63) is 178 Å². The van der Waals surface area contributed by atoms with Gasteiger partial charge in [-0.15, -0.1) is 0 Å². The third kappa shape index (κ3) is 33.1. The summed E-state index contributed by atoms with van der Waals surface area (Å²) in [5.74, 6) is 0. The lowest BCUT2D eigenvalue weighted by molar-refractivity contribution is -0.0403. The summed E-state index contributed by atoms with van der Waals surface area (Å²) in [4.78, 5) is 15.3. The van der Waals surface area contributed by atoms with E-state index in [2.05, 4.69) is 405 Å². The number of benzene rings is 6. The van der Waals surface area contributed by atoms with E-state index in [0.29, 0.717) is 29.2 Å². The molecule has 2 saturated carbocycles. The first kappa shape index (κ1) is 106. The number of hydrogen-bond donors (Lipinski definition) is 0. The van der Waals surface area contributed by atoms with Gasteiger partial charge in [-0.3, -0.25) is 14.7 Å². The van der Waals surface area contributed by atoms with Gasteiger partial charge in [0, 0.05) is 103 Å². The summed E-state index contributed by atoms with van der Waals surface area (Å²) in [5, 5.41) is 0. The molecule has 0 radical (unpaired) electrons. The molecule has 6 nitrogen and oxygen atoms in total. The van der Waals surface area contributed by atoms with Gasteiger partial charge in [-0.1, -0.05) is 191 Å². The molecule has 0 atom stereocenters. The quantitative estimate of drug-likeness (QED) is 0.128. The van der Waals surface area contributed by atoms with Crippen molar-refractivity contribution in [3.8, 4) is 0 Å². The first-order valence-corrected chi connectivity index (χ1v) is 38.6. The van der Waals surface area contributed by atoms with Crippen LogP contribution in [0.5, 0.6) is 0 Å². The number of aryl methyl sites for hydroxylation is 8. The Morgan fingerprint density at radius 2 is 0.552 bits per heavy atom. The van der Waals surface area contributed by atoms with E-state index in [1.165, 1.54) is 143 Å². The molecule has 2 fully saturated rings. The maximum absolute atomic E-state index is 2.91. The number of para-hydroxylation sites is 4. The van der Waals surface area contributed by atoms with E-state index >= 15 is 0 Å². The molecule has 2 aliphatic carbocycles. The second-order valence-corrected chi connectivity index (χ2v) is 37.0. The van der Waals surface area contributed by atoms with Gasteiger partial charge in [0.05, 0.1) is 0 Å². The highest BCUT2D eigenvalue weighted by Gasteiger charge is 2.40. The summed E-state index contributed by atoms with van der Waals surface area (Å²) < 4.78 is 0. The van der Waals surface area contributed by atoms with Crippen LogP contribution in [0.15, 0.2) is 133 Å². The number of anilines is 6.